The lowest BCUT2D eigenvalue weighted by atomic mass is 10.0. The van der Waals surface area contributed by atoms with Crippen molar-refractivity contribution in [3.05, 3.63) is 71.9 Å². The molecule has 3 heteroatoms. The molecule has 20 heavy (non-hydrogen) atoms. The highest BCUT2D eigenvalue weighted by Gasteiger charge is 2.14. The van der Waals surface area contributed by atoms with Crippen LogP contribution in [0.2, 0.25) is 0 Å². The molecule has 0 aliphatic heterocycles. The standard InChI is InChI=1S/C17H13NO2/c1-20-16-9-5-3-7-14(16)17(19)13-10-12-6-2-4-8-15(12)18-11-13/h2-11H,1H3. The molecule has 1 heterocycles. The summed E-state index contributed by atoms with van der Waals surface area (Å²) in [5.74, 6) is 0.492. The van der Waals surface area contributed by atoms with Crippen LogP contribution in [-0.4, -0.2) is 17.9 Å². The van der Waals surface area contributed by atoms with E-state index in [2.05, 4.69) is 4.98 Å². The van der Waals surface area contributed by atoms with Crippen molar-refractivity contribution in [2.75, 3.05) is 7.11 Å². The Bertz CT molecular complexity index is 781. The lowest BCUT2D eigenvalue weighted by Crippen LogP contribution is -2.04. The predicted molar refractivity (Wildman–Crippen MR) is 78.2 cm³/mol. The summed E-state index contributed by atoms with van der Waals surface area (Å²) in [6, 6.07) is 16.8. The molecule has 0 bridgehead atoms. The molecular weight excluding hydrogens is 250 g/mol. The van der Waals surface area contributed by atoms with Crippen LogP contribution in [0.3, 0.4) is 0 Å². The number of aromatic nitrogens is 1. The first-order chi connectivity index (χ1) is 9.79. The molecule has 0 aliphatic carbocycles. The van der Waals surface area contributed by atoms with Crippen molar-refractivity contribution < 1.29 is 9.53 Å². The summed E-state index contributed by atoms with van der Waals surface area (Å²) in [5, 5.41) is 0.952. The van der Waals surface area contributed by atoms with Crippen LogP contribution in [0.1, 0.15) is 15.9 Å². The molecule has 0 saturated carbocycles. The molecule has 0 radical (unpaired) electrons. The Morgan fingerprint density at radius 2 is 1.80 bits per heavy atom. The Morgan fingerprint density at radius 3 is 2.65 bits per heavy atom. The molecular formula is C17H13NO2. The molecule has 0 atom stereocenters. The first kappa shape index (κ1) is 12.4. The van der Waals surface area contributed by atoms with Crippen LogP contribution in [0.4, 0.5) is 0 Å². The molecule has 1 aromatic heterocycles. The van der Waals surface area contributed by atoms with E-state index >= 15 is 0 Å². The molecule has 0 unspecified atom stereocenters. The zero-order chi connectivity index (χ0) is 13.9. The molecule has 0 saturated heterocycles. The minimum Gasteiger partial charge on any atom is -0.496 e. The van der Waals surface area contributed by atoms with Gasteiger partial charge >= 0.3 is 0 Å². The van der Waals surface area contributed by atoms with Crippen LogP contribution < -0.4 is 4.74 Å². The number of methoxy groups -OCH3 is 1. The van der Waals surface area contributed by atoms with Crippen molar-refractivity contribution in [2.45, 2.75) is 0 Å². The fraction of sp³-hybridized carbons (Fsp3) is 0.0588. The lowest BCUT2D eigenvalue weighted by Gasteiger charge is -2.07. The van der Waals surface area contributed by atoms with Gasteiger partial charge in [-0.25, -0.2) is 0 Å². The van der Waals surface area contributed by atoms with E-state index in [-0.39, 0.29) is 5.78 Å². The fourth-order valence-corrected chi connectivity index (χ4v) is 2.18. The molecule has 0 fully saturated rings. The monoisotopic (exact) mass is 263 g/mol. The normalized spacial score (nSPS) is 10.4. The zero-order valence-corrected chi connectivity index (χ0v) is 11.0. The van der Waals surface area contributed by atoms with Crippen molar-refractivity contribution >= 4 is 16.7 Å². The average Bonchev–Trinajstić information content (AvgIpc) is 2.53. The predicted octanol–water partition coefficient (Wildman–Crippen LogP) is 3.47. The van der Waals surface area contributed by atoms with Gasteiger partial charge in [0.1, 0.15) is 5.75 Å². The summed E-state index contributed by atoms with van der Waals surface area (Å²) < 4.78 is 5.23. The van der Waals surface area contributed by atoms with Crippen molar-refractivity contribution in [1.29, 1.82) is 0 Å². The van der Waals surface area contributed by atoms with Crippen LogP contribution in [0.5, 0.6) is 5.75 Å². The van der Waals surface area contributed by atoms with Gasteiger partial charge in [-0.1, -0.05) is 30.3 Å². The number of hydrogen-bond acceptors (Lipinski definition) is 3. The smallest absolute Gasteiger partial charge is 0.198 e. The molecule has 3 rings (SSSR count). The van der Waals surface area contributed by atoms with Gasteiger partial charge in [0, 0.05) is 17.1 Å². The van der Waals surface area contributed by atoms with Gasteiger partial charge in [0.05, 0.1) is 18.2 Å². The van der Waals surface area contributed by atoms with Crippen molar-refractivity contribution in [1.82, 2.24) is 4.98 Å². The lowest BCUT2D eigenvalue weighted by molar-refractivity contribution is 0.103. The third-order valence-corrected chi connectivity index (χ3v) is 3.20. The summed E-state index contributed by atoms with van der Waals surface area (Å²) in [5.41, 5.74) is 1.99. The Hall–Kier alpha value is -2.68. The zero-order valence-electron chi connectivity index (χ0n) is 11.0. The third-order valence-electron chi connectivity index (χ3n) is 3.20. The number of carbonyl (C=O) groups excluding carboxylic acids is 1. The summed E-state index contributed by atoms with van der Waals surface area (Å²) in [6.07, 6.45) is 1.61. The van der Waals surface area contributed by atoms with Crippen LogP contribution in [-0.2, 0) is 0 Å². The molecule has 0 aliphatic rings. The largest absolute Gasteiger partial charge is 0.496 e. The summed E-state index contributed by atoms with van der Waals surface area (Å²) >= 11 is 0. The second kappa shape index (κ2) is 5.13. The SMILES string of the molecule is COc1ccccc1C(=O)c1cnc2ccccc2c1. The number of carbonyl (C=O) groups is 1. The average molecular weight is 263 g/mol. The maximum Gasteiger partial charge on any atom is 0.198 e. The van der Waals surface area contributed by atoms with Crippen LogP contribution in [0.25, 0.3) is 10.9 Å². The number of para-hydroxylation sites is 2. The summed E-state index contributed by atoms with van der Waals surface area (Å²) in [4.78, 5) is 16.9. The molecule has 0 amide bonds. The highest BCUT2D eigenvalue weighted by molar-refractivity contribution is 6.11. The van der Waals surface area contributed by atoms with Gasteiger partial charge in [0.15, 0.2) is 5.78 Å². The highest BCUT2D eigenvalue weighted by atomic mass is 16.5. The Labute approximate surface area is 116 Å². The Balaban J connectivity index is 2.08. The number of pyridine rings is 1. The minimum atomic E-state index is -0.0827. The fourth-order valence-electron chi connectivity index (χ4n) is 2.18. The van der Waals surface area contributed by atoms with Crippen LogP contribution in [0.15, 0.2) is 60.8 Å². The first-order valence-corrected chi connectivity index (χ1v) is 6.32. The van der Waals surface area contributed by atoms with E-state index in [1.807, 2.05) is 42.5 Å². The minimum absolute atomic E-state index is 0.0827. The summed E-state index contributed by atoms with van der Waals surface area (Å²) in [7, 11) is 1.56. The van der Waals surface area contributed by atoms with Gasteiger partial charge in [-0.3, -0.25) is 9.78 Å². The summed E-state index contributed by atoms with van der Waals surface area (Å²) in [6.45, 7) is 0. The van der Waals surface area contributed by atoms with E-state index in [1.165, 1.54) is 0 Å². The van der Waals surface area contributed by atoms with Crippen LogP contribution in [0, 0.1) is 0 Å². The second-order valence-electron chi connectivity index (χ2n) is 4.45. The van der Waals surface area contributed by atoms with Crippen molar-refractivity contribution in [3.63, 3.8) is 0 Å². The van der Waals surface area contributed by atoms with Crippen molar-refractivity contribution in [3.8, 4) is 5.75 Å². The number of benzene rings is 2. The van der Waals surface area contributed by atoms with Gasteiger partial charge in [-0.15, -0.1) is 0 Å². The van der Waals surface area contributed by atoms with Crippen molar-refractivity contribution in [2.24, 2.45) is 0 Å². The van der Waals surface area contributed by atoms with E-state index < -0.39 is 0 Å². The van der Waals surface area contributed by atoms with E-state index in [0.717, 1.165) is 10.9 Å². The first-order valence-electron chi connectivity index (χ1n) is 6.32. The molecule has 0 N–H and O–H groups in total. The number of rotatable bonds is 3. The van der Waals surface area contributed by atoms with Gasteiger partial charge < -0.3 is 4.74 Å². The quantitative estimate of drug-likeness (QED) is 0.679. The van der Waals surface area contributed by atoms with Gasteiger partial charge in [-0.05, 0) is 24.3 Å². The molecule has 3 aromatic rings. The molecule has 3 nitrogen and oxygen atoms in total. The van der Waals surface area contributed by atoms with E-state index in [9.17, 15) is 4.79 Å². The maximum absolute atomic E-state index is 12.5. The van der Waals surface area contributed by atoms with Gasteiger partial charge in [0.25, 0.3) is 0 Å². The molecule has 98 valence electrons. The number of fused-ring (bicyclic) bond motifs is 1. The number of hydrogen-bond donors (Lipinski definition) is 0. The Kier molecular flexibility index (Phi) is 3.17. The van der Waals surface area contributed by atoms with Gasteiger partial charge in [-0.2, -0.15) is 0 Å². The topological polar surface area (TPSA) is 39.2 Å². The second-order valence-corrected chi connectivity index (χ2v) is 4.45. The third kappa shape index (κ3) is 2.14. The molecule has 2 aromatic carbocycles. The maximum atomic E-state index is 12.5. The number of nitrogens with zero attached hydrogens (tertiary/aromatic N) is 1. The number of ether oxygens (including phenoxy) is 1. The van der Waals surface area contributed by atoms with Crippen LogP contribution >= 0.6 is 0 Å². The van der Waals surface area contributed by atoms with Gasteiger partial charge in [0.2, 0.25) is 0 Å². The molecule has 0 spiro atoms. The van der Waals surface area contributed by atoms with E-state index in [4.69, 9.17) is 4.74 Å². The highest BCUT2D eigenvalue weighted by Crippen LogP contribution is 2.22. The number of ketones is 1. The van der Waals surface area contributed by atoms with E-state index in [0.29, 0.717) is 16.9 Å². The Morgan fingerprint density at radius 1 is 1.05 bits per heavy atom. The van der Waals surface area contributed by atoms with E-state index in [1.54, 1.807) is 25.4 Å².